The molecule has 0 heterocycles. The van der Waals surface area contributed by atoms with E-state index in [0.29, 0.717) is 23.7 Å². The van der Waals surface area contributed by atoms with Crippen LogP contribution in [0.1, 0.15) is 84.2 Å². The number of carbonyl (C=O) groups is 2. The summed E-state index contributed by atoms with van der Waals surface area (Å²) in [4.78, 5) is 25.1. The molecule has 0 saturated heterocycles. The maximum absolute atomic E-state index is 12.6. The number of ether oxygens (including phenoxy) is 3. The molecule has 0 N–H and O–H groups in total. The number of nitriles is 1. The van der Waals surface area contributed by atoms with Gasteiger partial charge in [0, 0.05) is 0 Å². The van der Waals surface area contributed by atoms with E-state index in [1.165, 1.54) is 48.7 Å². The van der Waals surface area contributed by atoms with Crippen molar-refractivity contribution in [2.24, 2.45) is 0 Å². The molecule has 0 aliphatic heterocycles. The molecule has 37 heavy (non-hydrogen) atoms. The smallest absolute Gasteiger partial charge is 0.343 e. The van der Waals surface area contributed by atoms with Crippen LogP contribution >= 0.6 is 0 Å². The van der Waals surface area contributed by atoms with Crippen molar-refractivity contribution in [3.63, 3.8) is 0 Å². The third kappa shape index (κ3) is 8.50. The predicted octanol–water partition coefficient (Wildman–Crippen LogP) is 7.30. The molecule has 0 amide bonds. The van der Waals surface area contributed by atoms with Crippen molar-refractivity contribution in [3.8, 4) is 23.3 Å². The van der Waals surface area contributed by atoms with Gasteiger partial charge in [-0.05, 0) is 79.4 Å². The molecule has 0 fully saturated rings. The zero-order valence-corrected chi connectivity index (χ0v) is 21.5. The largest absolute Gasteiger partial charge is 0.492 e. The van der Waals surface area contributed by atoms with Gasteiger partial charge in [-0.2, -0.15) is 5.26 Å². The van der Waals surface area contributed by atoms with E-state index in [1.54, 1.807) is 24.3 Å². The van der Waals surface area contributed by atoms with Crippen LogP contribution in [0, 0.1) is 11.3 Å². The van der Waals surface area contributed by atoms with Gasteiger partial charge in [0.15, 0.2) is 0 Å². The topological polar surface area (TPSA) is 85.6 Å². The van der Waals surface area contributed by atoms with E-state index < -0.39 is 11.9 Å². The minimum absolute atomic E-state index is 0.235. The van der Waals surface area contributed by atoms with E-state index in [0.717, 1.165) is 32.1 Å². The molecule has 0 aliphatic rings. The van der Waals surface area contributed by atoms with Crippen LogP contribution in [0.25, 0.3) is 0 Å². The van der Waals surface area contributed by atoms with Crippen LogP contribution in [0.2, 0.25) is 0 Å². The summed E-state index contributed by atoms with van der Waals surface area (Å²) in [7, 11) is 0. The molecule has 0 atom stereocenters. The Morgan fingerprint density at radius 1 is 0.730 bits per heavy atom. The number of carbonyl (C=O) groups excluding carboxylic acids is 2. The van der Waals surface area contributed by atoms with Crippen molar-refractivity contribution < 1.29 is 23.8 Å². The average Bonchev–Trinajstić information content (AvgIpc) is 2.92. The summed E-state index contributed by atoms with van der Waals surface area (Å²) in [5.74, 6) is 0.0968. The lowest BCUT2D eigenvalue weighted by Crippen LogP contribution is -2.11. The fourth-order valence-electron chi connectivity index (χ4n) is 3.70. The van der Waals surface area contributed by atoms with Crippen molar-refractivity contribution in [2.75, 3.05) is 6.61 Å². The molecule has 0 radical (unpaired) electrons. The second-order valence-electron chi connectivity index (χ2n) is 8.78. The lowest BCUT2D eigenvalue weighted by molar-refractivity contribution is 0.0730. The molecule has 0 aromatic heterocycles. The van der Waals surface area contributed by atoms with Crippen LogP contribution in [0.15, 0.2) is 66.7 Å². The monoisotopic (exact) mass is 499 g/mol. The second-order valence-corrected chi connectivity index (χ2v) is 8.78. The van der Waals surface area contributed by atoms with Crippen molar-refractivity contribution in [1.82, 2.24) is 0 Å². The van der Waals surface area contributed by atoms with E-state index in [-0.39, 0.29) is 16.9 Å². The number of benzene rings is 3. The quantitative estimate of drug-likeness (QED) is 0.139. The van der Waals surface area contributed by atoms with E-state index in [9.17, 15) is 14.9 Å². The van der Waals surface area contributed by atoms with Gasteiger partial charge in [-0.15, -0.1) is 0 Å². The Morgan fingerprint density at radius 2 is 1.30 bits per heavy atom. The Bertz CT molecular complexity index is 1210. The van der Waals surface area contributed by atoms with E-state index in [2.05, 4.69) is 19.9 Å². The molecule has 0 unspecified atom stereocenters. The molecule has 0 saturated carbocycles. The first-order valence-corrected chi connectivity index (χ1v) is 12.8. The van der Waals surface area contributed by atoms with Gasteiger partial charge in [0.2, 0.25) is 0 Å². The molecule has 192 valence electrons. The predicted molar refractivity (Wildman–Crippen MR) is 142 cm³/mol. The number of rotatable bonds is 13. The summed E-state index contributed by atoms with van der Waals surface area (Å²) < 4.78 is 16.5. The third-order valence-electron chi connectivity index (χ3n) is 5.84. The molecular weight excluding hydrogens is 466 g/mol. The highest BCUT2D eigenvalue weighted by Crippen LogP contribution is 2.22. The van der Waals surface area contributed by atoms with Crippen LogP contribution in [0.5, 0.6) is 17.2 Å². The van der Waals surface area contributed by atoms with Crippen molar-refractivity contribution in [1.29, 1.82) is 5.26 Å². The van der Waals surface area contributed by atoms with Gasteiger partial charge in [0.05, 0.1) is 23.3 Å². The molecule has 0 spiro atoms. The van der Waals surface area contributed by atoms with Crippen molar-refractivity contribution in [2.45, 2.75) is 58.8 Å². The minimum Gasteiger partial charge on any atom is -0.492 e. The molecule has 6 heteroatoms. The van der Waals surface area contributed by atoms with E-state index >= 15 is 0 Å². The fourth-order valence-corrected chi connectivity index (χ4v) is 3.70. The normalized spacial score (nSPS) is 10.4. The number of nitrogens with zero attached hydrogens (tertiary/aromatic N) is 1. The van der Waals surface area contributed by atoms with Gasteiger partial charge in [0.1, 0.15) is 23.3 Å². The average molecular weight is 500 g/mol. The van der Waals surface area contributed by atoms with Gasteiger partial charge in [-0.3, -0.25) is 0 Å². The molecule has 0 bridgehead atoms. The maximum atomic E-state index is 12.6. The number of unbranched alkanes of at least 4 members (excludes halogenated alkanes) is 4. The van der Waals surface area contributed by atoms with Crippen LogP contribution < -0.4 is 14.2 Å². The molecule has 3 aromatic carbocycles. The number of aryl methyl sites for hydroxylation is 1. The standard InChI is InChI=1S/C31H33NO5/c1-3-5-7-9-23-10-15-27(16-11-23)36-30(33)24-12-17-28(18-13-24)37-31(34)25-14-19-29(26(21-25)22-32)35-20-8-6-4-2/h10-19,21H,3-9,20H2,1-2H3. The van der Waals surface area contributed by atoms with Crippen LogP contribution in [0.4, 0.5) is 0 Å². The Morgan fingerprint density at radius 3 is 1.92 bits per heavy atom. The summed E-state index contributed by atoms with van der Waals surface area (Å²) in [6, 6.07) is 20.4. The van der Waals surface area contributed by atoms with Gasteiger partial charge in [-0.25, -0.2) is 9.59 Å². The van der Waals surface area contributed by atoms with Crippen LogP contribution in [-0.2, 0) is 6.42 Å². The minimum atomic E-state index is -0.608. The Labute approximate surface area is 218 Å². The highest BCUT2D eigenvalue weighted by molar-refractivity contribution is 5.93. The summed E-state index contributed by atoms with van der Waals surface area (Å²) in [5.41, 5.74) is 2.07. The summed E-state index contributed by atoms with van der Waals surface area (Å²) >= 11 is 0. The van der Waals surface area contributed by atoms with Crippen molar-refractivity contribution >= 4 is 11.9 Å². The fraction of sp³-hybridized carbons (Fsp3) is 0.323. The first-order chi connectivity index (χ1) is 18.0. The zero-order chi connectivity index (χ0) is 26.5. The van der Waals surface area contributed by atoms with Gasteiger partial charge < -0.3 is 14.2 Å². The summed E-state index contributed by atoms with van der Waals surface area (Å²) in [5, 5.41) is 9.44. The Balaban J connectivity index is 1.55. The van der Waals surface area contributed by atoms with E-state index in [1.807, 2.05) is 12.1 Å². The Kier molecular flexibility index (Phi) is 10.7. The SMILES string of the molecule is CCCCCOc1ccc(C(=O)Oc2ccc(C(=O)Oc3ccc(CCCCC)cc3)cc2)cc1C#N. The molecule has 3 aromatic rings. The van der Waals surface area contributed by atoms with Crippen molar-refractivity contribution in [3.05, 3.63) is 89.0 Å². The van der Waals surface area contributed by atoms with Crippen LogP contribution in [0.3, 0.4) is 0 Å². The van der Waals surface area contributed by atoms with Gasteiger partial charge in [-0.1, -0.05) is 51.7 Å². The maximum Gasteiger partial charge on any atom is 0.343 e. The lowest BCUT2D eigenvalue weighted by Gasteiger charge is -2.10. The number of esters is 2. The first kappa shape index (κ1) is 27.5. The second kappa shape index (κ2) is 14.4. The molecular formula is C31H33NO5. The summed E-state index contributed by atoms with van der Waals surface area (Å²) in [6.45, 7) is 4.80. The van der Waals surface area contributed by atoms with Gasteiger partial charge in [0.25, 0.3) is 0 Å². The molecule has 6 nitrogen and oxygen atoms in total. The number of hydrogen-bond acceptors (Lipinski definition) is 6. The molecule has 3 rings (SSSR count). The Hall–Kier alpha value is -4.11. The summed E-state index contributed by atoms with van der Waals surface area (Å²) in [6.07, 6.45) is 7.56. The van der Waals surface area contributed by atoms with E-state index in [4.69, 9.17) is 14.2 Å². The van der Waals surface area contributed by atoms with Gasteiger partial charge >= 0.3 is 11.9 Å². The first-order valence-electron chi connectivity index (χ1n) is 12.8. The highest BCUT2D eigenvalue weighted by Gasteiger charge is 2.14. The molecule has 0 aliphatic carbocycles. The lowest BCUT2D eigenvalue weighted by atomic mass is 10.1. The highest BCUT2D eigenvalue weighted by atomic mass is 16.5. The van der Waals surface area contributed by atoms with Crippen LogP contribution in [-0.4, -0.2) is 18.5 Å². The third-order valence-corrected chi connectivity index (χ3v) is 5.84. The zero-order valence-electron chi connectivity index (χ0n) is 21.5. The number of hydrogen-bond donors (Lipinski definition) is 0.